The van der Waals surface area contributed by atoms with Gasteiger partial charge in [-0.05, 0) is 37.8 Å². The molecule has 0 saturated carbocycles. The van der Waals surface area contributed by atoms with Gasteiger partial charge in [-0.25, -0.2) is 0 Å². The lowest BCUT2D eigenvalue weighted by Crippen LogP contribution is -3.00. The smallest absolute Gasteiger partial charge is 0.137 e. The summed E-state index contributed by atoms with van der Waals surface area (Å²) in [5, 5.41) is 0. The monoisotopic (exact) mass is 668 g/mol. The van der Waals surface area contributed by atoms with E-state index in [1.807, 2.05) is 0 Å². The van der Waals surface area contributed by atoms with Gasteiger partial charge in [-0.1, -0.05) is 216 Å². The van der Waals surface area contributed by atoms with Crippen molar-refractivity contribution < 1.29 is 16.9 Å². The van der Waals surface area contributed by atoms with E-state index in [0.717, 1.165) is 4.48 Å². The van der Waals surface area contributed by atoms with Crippen LogP contribution in [0.5, 0.6) is 0 Å². The fourth-order valence-electron chi connectivity index (χ4n) is 6.46. The Labute approximate surface area is 301 Å². The zero-order valence-electron chi connectivity index (χ0n) is 31.8. The average Bonchev–Trinajstić information content (AvgIpc) is 3.06. The predicted octanol–water partition coefficient (Wildman–Crippen LogP) is 12.2. The third kappa shape index (κ3) is 28.0. The molecule has 1 unspecified atom stereocenters. The minimum absolute atomic E-state index is 0. The highest BCUT2D eigenvalue weighted by Gasteiger charge is 2.25. The van der Waals surface area contributed by atoms with Crippen molar-refractivity contribution in [3.05, 3.63) is 84.6 Å². The molecule has 0 radical (unpaired) electrons. The maximum atomic E-state index is 2.38. The Morgan fingerprint density at radius 3 is 1.23 bits per heavy atom. The van der Waals surface area contributed by atoms with E-state index < -0.39 is 0 Å². The highest BCUT2D eigenvalue weighted by atomic mass is 35.5. The van der Waals surface area contributed by atoms with Crippen LogP contribution in [0.25, 0.3) is 0 Å². The zero-order chi connectivity index (χ0) is 33.2. The van der Waals surface area contributed by atoms with Crippen LogP contribution >= 0.6 is 0 Å². The minimum atomic E-state index is 0. The van der Waals surface area contributed by atoms with E-state index in [2.05, 4.69) is 107 Å². The van der Waals surface area contributed by atoms with E-state index in [0.29, 0.717) is 6.04 Å². The second-order valence-corrected chi connectivity index (χ2v) is 14.4. The van der Waals surface area contributed by atoms with Crippen LogP contribution in [0.4, 0.5) is 0 Å². The first-order valence-electron chi connectivity index (χ1n) is 20.2. The van der Waals surface area contributed by atoms with Crippen molar-refractivity contribution in [2.75, 3.05) is 14.1 Å². The van der Waals surface area contributed by atoms with Crippen molar-refractivity contribution in [2.24, 2.45) is 0 Å². The molecule has 1 aromatic rings. The number of quaternary nitrogens is 1. The topological polar surface area (TPSA) is 0 Å². The summed E-state index contributed by atoms with van der Waals surface area (Å²) in [4.78, 5) is 0. The molecule has 0 aromatic heterocycles. The van der Waals surface area contributed by atoms with Gasteiger partial charge in [-0.2, -0.15) is 0 Å². The molecule has 1 aromatic carbocycles. The van der Waals surface area contributed by atoms with Gasteiger partial charge in [-0.15, -0.1) is 0 Å². The summed E-state index contributed by atoms with van der Waals surface area (Å²) in [6, 6.07) is 11.3. The third-order valence-corrected chi connectivity index (χ3v) is 9.56. The Bertz CT molecular complexity index is 880. The van der Waals surface area contributed by atoms with Gasteiger partial charge in [0.1, 0.15) is 6.04 Å². The molecule has 270 valence electrons. The number of nitrogens with zero attached hydrogens (tertiary/aromatic N) is 1. The standard InChI is InChI=1S/C45H78N.ClH/c1-5-7-9-11-13-15-17-19-21-23-25-27-29-31-33-38-42-45(44-40-36-35-37-41-44)46(3,4)43-39-34-32-30-28-26-24-22-20-18-16-14-12-10-8-6-2;/h31-43,45H,5-30H2,1-4H3;1H/q+1;/p-1. The fraction of sp³-hybridized carbons (Fsp3) is 0.689. The first kappa shape index (κ1) is 45.4. The average molecular weight is 669 g/mol. The molecule has 2 heteroatoms. The maximum Gasteiger partial charge on any atom is 0.137 e. The molecule has 0 aliphatic carbocycles. The van der Waals surface area contributed by atoms with Gasteiger partial charge in [0.2, 0.25) is 0 Å². The van der Waals surface area contributed by atoms with Gasteiger partial charge in [0.15, 0.2) is 0 Å². The summed E-state index contributed by atoms with van der Waals surface area (Å²) >= 11 is 0. The predicted molar refractivity (Wildman–Crippen MR) is 209 cm³/mol. The van der Waals surface area contributed by atoms with Gasteiger partial charge in [0.25, 0.3) is 0 Å². The largest absolute Gasteiger partial charge is 1.00 e. The normalized spacial score (nSPS) is 13.0. The molecule has 0 heterocycles. The summed E-state index contributed by atoms with van der Waals surface area (Å²) in [5.74, 6) is 0. The lowest BCUT2D eigenvalue weighted by molar-refractivity contribution is -0.864. The number of rotatable bonds is 32. The van der Waals surface area contributed by atoms with Crippen LogP contribution in [0.15, 0.2) is 79.1 Å². The van der Waals surface area contributed by atoms with Crippen LogP contribution in [0.3, 0.4) is 0 Å². The Balaban J connectivity index is 0.0000212. The highest BCUT2D eigenvalue weighted by Crippen LogP contribution is 2.27. The maximum absolute atomic E-state index is 2.38. The van der Waals surface area contributed by atoms with E-state index in [-0.39, 0.29) is 12.4 Å². The Hall–Kier alpha value is -1.57. The van der Waals surface area contributed by atoms with Crippen LogP contribution in [0.2, 0.25) is 0 Å². The second-order valence-electron chi connectivity index (χ2n) is 14.4. The summed E-state index contributed by atoms with van der Waals surface area (Å²) in [6.07, 6.45) is 54.8. The Morgan fingerprint density at radius 1 is 0.468 bits per heavy atom. The van der Waals surface area contributed by atoms with Crippen molar-refractivity contribution in [1.29, 1.82) is 0 Å². The molecule has 0 bridgehead atoms. The number of hydrogen-bond donors (Lipinski definition) is 0. The molecule has 0 amide bonds. The van der Waals surface area contributed by atoms with E-state index in [1.165, 1.54) is 173 Å². The summed E-state index contributed by atoms with van der Waals surface area (Å²) < 4.78 is 0.802. The molecule has 1 nitrogen and oxygen atoms in total. The number of benzene rings is 1. The van der Waals surface area contributed by atoms with Crippen LogP contribution in [-0.4, -0.2) is 18.6 Å². The van der Waals surface area contributed by atoms with Crippen molar-refractivity contribution in [2.45, 2.75) is 187 Å². The van der Waals surface area contributed by atoms with E-state index in [9.17, 15) is 0 Å². The SMILES string of the molecule is CCCCCCCCCCCCCCC=CC=CC(c1ccccc1)[N+](C)(C)C=CC=CCCCCCCCCCCCCCC.[Cl-]. The zero-order valence-corrected chi connectivity index (χ0v) is 32.5. The van der Waals surface area contributed by atoms with Crippen molar-refractivity contribution in [1.82, 2.24) is 0 Å². The number of hydrogen-bond acceptors (Lipinski definition) is 0. The summed E-state index contributed by atoms with van der Waals surface area (Å²) in [7, 11) is 4.63. The van der Waals surface area contributed by atoms with Gasteiger partial charge in [-0.3, -0.25) is 4.48 Å². The molecule has 0 aliphatic rings. The molecule has 0 saturated heterocycles. The molecule has 0 fully saturated rings. The number of unbranched alkanes of at least 4 members (excludes halogenated alkanes) is 24. The van der Waals surface area contributed by atoms with Crippen molar-refractivity contribution in [3.63, 3.8) is 0 Å². The van der Waals surface area contributed by atoms with Gasteiger partial charge < -0.3 is 12.4 Å². The molecular formula is C45H78ClN. The number of halogens is 1. The molecule has 47 heavy (non-hydrogen) atoms. The highest BCUT2D eigenvalue weighted by molar-refractivity contribution is 5.23. The number of allylic oxidation sites excluding steroid dienone is 6. The van der Waals surface area contributed by atoms with E-state index in [4.69, 9.17) is 0 Å². The van der Waals surface area contributed by atoms with Crippen LogP contribution in [-0.2, 0) is 0 Å². The van der Waals surface area contributed by atoms with Gasteiger partial charge in [0, 0.05) is 5.56 Å². The third-order valence-electron chi connectivity index (χ3n) is 9.56. The van der Waals surface area contributed by atoms with Crippen LogP contribution in [0.1, 0.15) is 192 Å². The van der Waals surface area contributed by atoms with E-state index >= 15 is 0 Å². The first-order chi connectivity index (χ1) is 22.6. The Morgan fingerprint density at radius 2 is 0.830 bits per heavy atom. The molecule has 0 N–H and O–H groups in total. The first-order valence-corrected chi connectivity index (χ1v) is 20.2. The molecule has 0 aliphatic heterocycles. The quantitative estimate of drug-likeness (QED) is 0.0407. The minimum Gasteiger partial charge on any atom is -1.00 e. The van der Waals surface area contributed by atoms with Crippen LogP contribution < -0.4 is 12.4 Å². The summed E-state index contributed by atoms with van der Waals surface area (Å²) in [6.45, 7) is 4.60. The lowest BCUT2D eigenvalue weighted by Gasteiger charge is -2.33. The van der Waals surface area contributed by atoms with Crippen molar-refractivity contribution >= 4 is 0 Å². The molecule has 1 atom stereocenters. The second kappa shape index (κ2) is 34.3. The van der Waals surface area contributed by atoms with Crippen LogP contribution in [0, 0.1) is 0 Å². The molecular weight excluding hydrogens is 590 g/mol. The van der Waals surface area contributed by atoms with Gasteiger partial charge in [0.05, 0.1) is 20.3 Å². The fourth-order valence-corrected chi connectivity index (χ4v) is 6.46. The van der Waals surface area contributed by atoms with E-state index in [1.54, 1.807) is 0 Å². The molecule has 0 spiro atoms. The van der Waals surface area contributed by atoms with Gasteiger partial charge >= 0.3 is 0 Å². The summed E-state index contributed by atoms with van der Waals surface area (Å²) in [5.41, 5.74) is 1.36. The van der Waals surface area contributed by atoms with Crippen molar-refractivity contribution in [3.8, 4) is 0 Å². The Kier molecular flexibility index (Phi) is 33.2. The number of likely N-dealkylation sites (N-methyl/N-ethyl adjacent to an activating group) is 1. The lowest BCUT2D eigenvalue weighted by atomic mass is 10.0. The molecule has 1 rings (SSSR count).